The van der Waals surface area contributed by atoms with Crippen LogP contribution < -0.4 is 11.1 Å². The highest BCUT2D eigenvalue weighted by atomic mass is 79.9. The Morgan fingerprint density at radius 1 is 1.52 bits per heavy atom. The zero-order valence-electron chi connectivity index (χ0n) is 11.0. The molecule has 1 aliphatic carbocycles. The third kappa shape index (κ3) is 3.14. The van der Waals surface area contributed by atoms with Crippen molar-refractivity contribution in [2.75, 3.05) is 5.32 Å². The molecule has 0 unspecified atom stereocenters. The molecule has 1 atom stereocenters. The second-order valence-corrected chi connectivity index (χ2v) is 6.91. The van der Waals surface area contributed by atoms with Crippen LogP contribution in [0.1, 0.15) is 27.3 Å². The highest BCUT2D eigenvalue weighted by Gasteiger charge is 2.21. The molecule has 0 radical (unpaired) electrons. The lowest BCUT2D eigenvalue weighted by Crippen LogP contribution is -2.27. The molecule has 1 amide bonds. The molecule has 4 nitrogen and oxygen atoms in total. The molecule has 2 aromatic rings. The molecule has 1 aromatic heterocycles. The number of nitrogens with one attached hydrogen (secondary N) is 1. The van der Waals surface area contributed by atoms with Crippen LogP contribution in [0.4, 0.5) is 9.52 Å². The molecule has 0 fully saturated rings. The van der Waals surface area contributed by atoms with E-state index in [9.17, 15) is 9.18 Å². The minimum atomic E-state index is -0.466. The van der Waals surface area contributed by atoms with E-state index in [2.05, 4.69) is 26.2 Å². The standard InChI is InChI=1S/C14H13BrFN3OS/c15-9-3-1-7(5-10(9)16)13(20)19-14-18-11-4-2-8(17)6-12(11)21-14/h1,3,5,8H,2,4,6,17H2,(H,18,19,20)/t8-/m0/s1. The van der Waals surface area contributed by atoms with E-state index >= 15 is 0 Å². The van der Waals surface area contributed by atoms with Crippen molar-refractivity contribution in [3.05, 3.63) is 44.6 Å². The average Bonchev–Trinajstić information content (AvgIpc) is 2.83. The van der Waals surface area contributed by atoms with Gasteiger partial charge in [0.15, 0.2) is 5.13 Å². The summed E-state index contributed by atoms with van der Waals surface area (Å²) >= 11 is 4.50. The quantitative estimate of drug-likeness (QED) is 0.854. The van der Waals surface area contributed by atoms with Crippen LogP contribution >= 0.6 is 27.3 Å². The Morgan fingerprint density at radius 3 is 3.10 bits per heavy atom. The Kier molecular flexibility index (Phi) is 4.05. The molecule has 1 aromatic carbocycles. The van der Waals surface area contributed by atoms with Gasteiger partial charge in [-0.15, -0.1) is 11.3 Å². The minimum Gasteiger partial charge on any atom is -0.327 e. The van der Waals surface area contributed by atoms with E-state index in [4.69, 9.17) is 5.73 Å². The summed E-state index contributed by atoms with van der Waals surface area (Å²) in [6, 6.07) is 4.44. The topological polar surface area (TPSA) is 68.0 Å². The van der Waals surface area contributed by atoms with E-state index in [1.807, 2.05) is 0 Å². The SMILES string of the molecule is N[C@H]1CCc2nc(NC(=O)c3ccc(Br)c(F)c3)sc2C1. The molecule has 3 rings (SSSR count). The number of anilines is 1. The maximum Gasteiger partial charge on any atom is 0.257 e. The highest BCUT2D eigenvalue weighted by Crippen LogP contribution is 2.29. The molecular weight excluding hydrogens is 357 g/mol. The van der Waals surface area contributed by atoms with Gasteiger partial charge >= 0.3 is 0 Å². The molecule has 7 heteroatoms. The summed E-state index contributed by atoms with van der Waals surface area (Å²) < 4.78 is 13.8. The molecule has 1 heterocycles. The molecule has 110 valence electrons. The van der Waals surface area contributed by atoms with Gasteiger partial charge in [0.1, 0.15) is 5.82 Å². The van der Waals surface area contributed by atoms with Gasteiger partial charge in [-0.05, 0) is 53.4 Å². The number of aromatic nitrogens is 1. The van der Waals surface area contributed by atoms with Crippen molar-refractivity contribution >= 4 is 38.3 Å². The summed E-state index contributed by atoms with van der Waals surface area (Å²) in [4.78, 5) is 17.7. The van der Waals surface area contributed by atoms with Crippen molar-refractivity contribution in [2.45, 2.75) is 25.3 Å². The van der Waals surface area contributed by atoms with Crippen LogP contribution in [0, 0.1) is 5.82 Å². The lowest BCUT2D eigenvalue weighted by molar-refractivity contribution is 0.102. The monoisotopic (exact) mass is 369 g/mol. The second kappa shape index (κ2) is 5.82. The van der Waals surface area contributed by atoms with Crippen LogP contribution in [0.25, 0.3) is 0 Å². The third-order valence-electron chi connectivity index (χ3n) is 3.38. The molecule has 3 N–H and O–H groups in total. The molecular formula is C14H13BrFN3OS. The Hall–Kier alpha value is -1.31. The fraction of sp³-hybridized carbons (Fsp3) is 0.286. The van der Waals surface area contributed by atoms with Crippen molar-refractivity contribution < 1.29 is 9.18 Å². The third-order valence-corrected chi connectivity index (χ3v) is 5.06. The summed E-state index contributed by atoms with van der Waals surface area (Å²) in [6.07, 6.45) is 2.56. The molecule has 0 saturated carbocycles. The van der Waals surface area contributed by atoms with Gasteiger partial charge in [0.25, 0.3) is 5.91 Å². The first-order valence-electron chi connectivity index (χ1n) is 6.53. The van der Waals surface area contributed by atoms with E-state index in [0.717, 1.165) is 29.8 Å². The van der Waals surface area contributed by atoms with Gasteiger partial charge in [-0.1, -0.05) is 0 Å². The van der Waals surface area contributed by atoms with Crippen LogP contribution in [-0.2, 0) is 12.8 Å². The summed E-state index contributed by atoms with van der Waals surface area (Å²) in [5.74, 6) is -0.830. The maximum absolute atomic E-state index is 13.5. The number of aryl methyl sites for hydroxylation is 1. The molecule has 1 aliphatic rings. The molecule has 21 heavy (non-hydrogen) atoms. The average molecular weight is 370 g/mol. The predicted octanol–water partition coefficient (Wildman–Crippen LogP) is 3.11. The minimum absolute atomic E-state index is 0.169. The van der Waals surface area contributed by atoms with Gasteiger partial charge in [0.2, 0.25) is 0 Å². The highest BCUT2D eigenvalue weighted by molar-refractivity contribution is 9.10. The number of benzene rings is 1. The summed E-state index contributed by atoms with van der Waals surface area (Å²) in [7, 11) is 0. The number of nitrogens with zero attached hydrogens (tertiary/aromatic N) is 1. The second-order valence-electron chi connectivity index (χ2n) is 4.97. The first kappa shape index (κ1) is 14.6. The van der Waals surface area contributed by atoms with Gasteiger partial charge in [0.05, 0.1) is 10.2 Å². The normalized spacial score (nSPS) is 17.4. The van der Waals surface area contributed by atoms with Crippen LogP contribution in [0.2, 0.25) is 0 Å². The van der Waals surface area contributed by atoms with Crippen molar-refractivity contribution in [2.24, 2.45) is 5.73 Å². The van der Waals surface area contributed by atoms with Crippen molar-refractivity contribution in [3.63, 3.8) is 0 Å². The Balaban J connectivity index is 1.77. The molecule has 0 bridgehead atoms. The number of thiazole rings is 1. The largest absolute Gasteiger partial charge is 0.327 e. The Labute approximate surface area is 133 Å². The fourth-order valence-electron chi connectivity index (χ4n) is 2.26. The van der Waals surface area contributed by atoms with Gasteiger partial charge in [-0.2, -0.15) is 0 Å². The van der Waals surface area contributed by atoms with Crippen molar-refractivity contribution in [1.29, 1.82) is 0 Å². The van der Waals surface area contributed by atoms with E-state index < -0.39 is 5.82 Å². The Bertz CT molecular complexity index is 704. The maximum atomic E-state index is 13.5. The van der Waals surface area contributed by atoms with Crippen molar-refractivity contribution in [3.8, 4) is 0 Å². The zero-order chi connectivity index (χ0) is 15.0. The number of amides is 1. The van der Waals surface area contributed by atoms with Gasteiger partial charge in [-0.25, -0.2) is 9.37 Å². The van der Waals surface area contributed by atoms with Crippen LogP contribution in [0.15, 0.2) is 22.7 Å². The van der Waals surface area contributed by atoms with Crippen LogP contribution in [0.3, 0.4) is 0 Å². The van der Waals surface area contributed by atoms with Crippen LogP contribution in [-0.4, -0.2) is 16.9 Å². The van der Waals surface area contributed by atoms with Crippen molar-refractivity contribution in [1.82, 2.24) is 4.98 Å². The lowest BCUT2D eigenvalue weighted by atomic mass is 9.99. The van der Waals surface area contributed by atoms with E-state index in [1.165, 1.54) is 23.5 Å². The number of halogens is 2. The summed E-state index contributed by atoms with van der Waals surface area (Å²) in [6.45, 7) is 0. The van der Waals surface area contributed by atoms with Gasteiger partial charge in [0, 0.05) is 16.5 Å². The number of fused-ring (bicyclic) bond motifs is 1. The fourth-order valence-corrected chi connectivity index (χ4v) is 3.60. The number of carbonyl (C=O) groups excluding carboxylic acids is 1. The molecule has 0 saturated heterocycles. The van der Waals surface area contributed by atoms with Gasteiger partial charge in [-0.3, -0.25) is 10.1 Å². The lowest BCUT2D eigenvalue weighted by Gasteiger charge is -2.15. The predicted molar refractivity (Wildman–Crippen MR) is 84.2 cm³/mol. The number of nitrogens with two attached hydrogens (primary N) is 1. The van der Waals surface area contributed by atoms with E-state index in [0.29, 0.717) is 9.60 Å². The van der Waals surface area contributed by atoms with E-state index in [1.54, 1.807) is 6.07 Å². The van der Waals surface area contributed by atoms with E-state index in [-0.39, 0.29) is 17.5 Å². The Morgan fingerprint density at radius 2 is 2.33 bits per heavy atom. The molecule has 0 aliphatic heterocycles. The zero-order valence-corrected chi connectivity index (χ0v) is 13.4. The first-order valence-corrected chi connectivity index (χ1v) is 8.14. The first-order chi connectivity index (χ1) is 10.0. The number of hydrogen-bond acceptors (Lipinski definition) is 4. The smallest absolute Gasteiger partial charge is 0.257 e. The van der Waals surface area contributed by atoms with Crippen LogP contribution in [0.5, 0.6) is 0 Å². The number of hydrogen-bond donors (Lipinski definition) is 2. The molecule has 0 spiro atoms. The number of rotatable bonds is 2. The van der Waals surface area contributed by atoms with Gasteiger partial charge < -0.3 is 5.73 Å². The summed E-state index contributed by atoms with van der Waals surface area (Å²) in [5, 5.41) is 3.27. The number of carbonyl (C=O) groups is 1. The summed E-state index contributed by atoms with van der Waals surface area (Å²) in [5.41, 5.74) is 7.20.